The minimum absolute atomic E-state index is 0.186. The highest BCUT2D eigenvalue weighted by molar-refractivity contribution is 5.75. The molecule has 0 spiro atoms. The Hall–Kier alpha value is -0.830. The van der Waals surface area contributed by atoms with Gasteiger partial charge in [-0.25, -0.2) is 0 Å². The lowest BCUT2D eigenvalue weighted by atomic mass is 10.1. The molecule has 0 bridgehead atoms. The zero-order valence-corrected chi connectivity index (χ0v) is 12.9. The van der Waals surface area contributed by atoms with E-state index in [2.05, 4.69) is 11.9 Å². The van der Waals surface area contributed by atoms with Crippen molar-refractivity contribution >= 4 is 5.91 Å². The predicted molar refractivity (Wildman–Crippen MR) is 83.7 cm³/mol. The normalized spacial score (nSPS) is 18.7. The Balaban J connectivity index is 1.86. The first-order valence-corrected chi connectivity index (χ1v) is 8.32. The second-order valence-electron chi connectivity index (χ2n) is 5.74. The molecular weight excluding hydrogens is 250 g/mol. The molecule has 116 valence electrons. The molecule has 1 fully saturated rings. The standard InChI is InChI=1S/C17H31NO2/c1-2-3-4-5-6-7-8-9-13-17(19)18-15-16-12-10-11-14-20-16/h2,16H,1,3-15H2,(H,18,19)/t16-/m1/s1. The summed E-state index contributed by atoms with van der Waals surface area (Å²) in [6.07, 6.45) is 14.8. The van der Waals surface area contributed by atoms with Crippen LogP contribution in [-0.2, 0) is 9.53 Å². The highest BCUT2D eigenvalue weighted by Crippen LogP contribution is 2.12. The van der Waals surface area contributed by atoms with Crippen LogP contribution in [0.15, 0.2) is 12.7 Å². The third-order valence-electron chi connectivity index (χ3n) is 3.86. The van der Waals surface area contributed by atoms with Crippen LogP contribution in [0.25, 0.3) is 0 Å². The molecule has 0 saturated carbocycles. The van der Waals surface area contributed by atoms with E-state index in [1.807, 2.05) is 6.08 Å². The lowest BCUT2D eigenvalue weighted by Crippen LogP contribution is -2.35. The molecule has 3 heteroatoms. The lowest BCUT2D eigenvalue weighted by Gasteiger charge is -2.22. The van der Waals surface area contributed by atoms with Crippen molar-refractivity contribution in [1.29, 1.82) is 0 Å². The predicted octanol–water partition coefficient (Wildman–Crippen LogP) is 3.98. The maximum absolute atomic E-state index is 11.7. The van der Waals surface area contributed by atoms with Gasteiger partial charge in [-0.05, 0) is 38.5 Å². The summed E-state index contributed by atoms with van der Waals surface area (Å²) in [7, 11) is 0. The summed E-state index contributed by atoms with van der Waals surface area (Å²) in [4.78, 5) is 11.7. The van der Waals surface area contributed by atoms with Crippen LogP contribution in [0.2, 0.25) is 0 Å². The van der Waals surface area contributed by atoms with Crippen molar-refractivity contribution in [3.8, 4) is 0 Å². The van der Waals surface area contributed by atoms with Crippen LogP contribution in [0.3, 0.4) is 0 Å². The van der Waals surface area contributed by atoms with Crippen molar-refractivity contribution in [2.75, 3.05) is 13.2 Å². The zero-order valence-electron chi connectivity index (χ0n) is 12.9. The molecule has 0 aliphatic carbocycles. The van der Waals surface area contributed by atoms with E-state index in [1.54, 1.807) is 0 Å². The van der Waals surface area contributed by atoms with Gasteiger partial charge in [0, 0.05) is 19.6 Å². The first-order valence-electron chi connectivity index (χ1n) is 8.32. The number of rotatable bonds is 11. The van der Waals surface area contributed by atoms with Gasteiger partial charge in [0.2, 0.25) is 5.91 Å². The molecule has 1 aliphatic rings. The van der Waals surface area contributed by atoms with E-state index in [4.69, 9.17) is 4.74 Å². The second-order valence-corrected chi connectivity index (χ2v) is 5.74. The van der Waals surface area contributed by atoms with Crippen molar-refractivity contribution in [1.82, 2.24) is 5.32 Å². The Morgan fingerprint density at radius 3 is 2.60 bits per heavy atom. The minimum Gasteiger partial charge on any atom is -0.376 e. The molecule has 1 amide bonds. The molecule has 1 heterocycles. The van der Waals surface area contributed by atoms with Crippen LogP contribution in [0, 0.1) is 0 Å². The molecular formula is C17H31NO2. The molecule has 0 aromatic heterocycles. The van der Waals surface area contributed by atoms with Gasteiger partial charge >= 0.3 is 0 Å². The van der Waals surface area contributed by atoms with Crippen LogP contribution >= 0.6 is 0 Å². The number of unbranched alkanes of at least 4 members (excludes halogenated alkanes) is 6. The van der Waals surface area contributed by atoms with E-state index in [-0.39, 0.29) is 12.0 Å². The summed E-state index contributed by atoms with van der Waals surface area (Å²) in [5.74, 6) is 0.186. The van der Waals surface area contributed by atoms with Gasteiger partial charge in [-0.3, -0.25) is 4.79 Å². The minimum atomic E-state index is 0.186. The number of amides is 1. The molecule has 0 radical (unpaired) electrons. The van der Waals surface area contributed by atoms with E-state index in [9.17, 15) is 4.79 Å². The summed E-state index contributed by atoms with van der Waals surface area (Å²) in [6.45, 7) is 5.27. The number of ether oxygens (including phenoxy) is 1. The molecule has 20 heavy (non-hydrogen) atoms. The molecule has 1 atom stereocenters. The highest BCUT2D eigenvalue weighted by Gasteiger charge is 2.14. The van der Waals surface area contributed by atoms with Crippen molar-refractivity contribution in [3.05, 3.63) is 12.7 Å². The van der Waals surface area contributed by atoms with E-state index >= 15 is 0 Å². The van der Waals surface area contributed by atoms with Crippen LogP contribution in [0.5, 0.6) is 0 Å². The maximum Gasteiger partial charge on any atom is 0.220 e. The number of allylic oxidation sites excluding steroid dienone is 1. The Morgan fingerprint density at radius 2 is 1.90 bits per heavy atom. The smallest absolute Gasteiger partial charge is 0.220 e. The molecule has 0 aromatic carbocycles. The lowest BCUT2D eigenvalue weighted by molar-refractivity contribution is -0.122. The topological polar surface area (TPSA) is 38.3 Å². The second kappa shape index (κ2) is 12.0. The Bertz CT molecular complexity index is 260. The van der Waals surface area contributed by atoms with Crippen molar-refractivity contribution in [2.45, 2.75) is 76.7 Å². The Kier molecular flexibility index (Phi) is 10.3. The highest BCUT2D eigenvalue weighted by atomic mass is 16.5. The third-order valence-corrected chi connectivity index (χ3v) is 3.86. The SMILES string of the molecule is C=CCCCCCCCCC(=O)NC[C@H]1CCCCO1. The van der Waals surface area contributed by atoms with Crippen molar-refractivity contribution < 1.29 is 9.53 Å². The van der Waals surface area contributed by atoms with Crippen LogP contribution in [0.4, 0.5) is 0 Å². The maximum atomic E-state index is 11.7. The first-order chi connectivity index (χ1) is 9.83. The zero-order chi connectivity index (χ0) is 14.5. The van der Waals surface area contributed by atoms with Gasteiger partial charge in [-0.1, -0.05) is 31.8 Å². The van der Waals surface area contributed by atoms with E-state index < -0.39 is 0 Å². The summed E-state index contributed by atoms with van der Waals surface area (Å²) in [6, 6.07) is 0. The third kappa shape index (κ3) is 9.13. The van der Waals surface area contributed by atoms with Gasteiger partial charge in [-0.2, -0.15) is 0 Å². The molecule has 3 nitrogen and oxygen atoms in total. The average molecular weight is 281 g/mol. The fourth-order valence-corrected chi connectivity index (χ4v) is 2.57. The van der Waals surface area contributed by atoms with Crippen molar-refractivity contribution in [2.24, 2.45) is 0 Å². The van der Waals surface area contributed by atoms with Gasteiger partial charge in [0.1, 0.15) is 0 Å². The number of carbonyl (C=O) groups excluding carboxylic acids is 1. The van der Waals surface area contributed by atoms with E-state index in [0.29, 0.717) is 13.0 Å². The number of carbonyl (C=O) groups is 1. The van der Waals surface area contributed by atoms with Gasteiger partial charge in [0.25, 0.3) is 0 Å². The van der Waals surface area contributed by atoms with Crippen LogP contribution in [0.1, 0.15) is 70.6 Å². The molecule has 1 N–H and O–H groups in total. The molecule has 1 aliphatic heterocycles. The Morgan fingerprint density at radius 1 is 1.15 bits per heavy atom. The summed E-state index contributed by atoms with van der Waals surface area (Å²) in [5, 5.41) is 3.00. The van der Waals surface area contributed by atoms with Crippen molar-refractivity contribution in [3.63, 3.8) is 0 Å². The van der Waals surface area contributed by atoms with E-state index in [1.165, 1.54) is 38.5 Å². The molecule has 1 rings (SSSR count). The first kappa shape index (κ1) is 17.2. The molecule has 1 saturated heterocycles. The Labute approximate surface area is 124 Å². The monoisotopic (exact) mass is 281 g/mol. The summed E-state index contributed by atoms with van der Waals surface area (Å²) >= 11 is 0. The van der Waals surface area contributed by atoms with Gasteiger partial charge < -0.3 is 10.1 Å². The number of hydrogen-bond donors (Lipinski definition) is 1. The number of nitrogens with one attached hydrogen (secondary N) is 1. The van der Waals surface area contributed by atoms with Crippen LogP contribution < -0.4 is 5.32 Å². The number of hydrogen-bond acceptors (Lipinski definition) is 2. The van der Waals surface area contributed by atoms with Crippen LogP contribution in [-0.4, -0.2) is 25.2 Å². The summed E-state index contributed by atoms with van der Waals surface area (Å²) < 4.78 is 5.60. The fourth-order valence-electron chi connectivity index (χ4n) is 2.57. The van der Waals surface area contributed by atoms with Gasteiger partial charge in [0.15, 0.2) is 0 Å². The van der Waals surface area contributed by atoms with Gasteiger partial charge in [0.05, 0.1) is 6.10 Å². The average Bonchev–Trinajstić information content (AvgIpc) is 2.49. The fraction of sp³-hybridized carbons (Fsp3) is 0.824. The largest absolute Gasteiger partial charge is 0.376 e. The summed E-state index contributed by atoms with van der Waals surface area (Å²) in [5.41, 5.74) is 0. The van der Waals surface area contributed by atoms with Gasteiger partial charge in [-0.15, -0.1) is 6.58 Å². The van der Waals surface area contributed by atoms with E-state index in [0.717, 1.165) is 32.3 Å². The molecule has 0 aromatic rings. The molecule has 0 unspecified atom stereocenters. The quantitative estimate of drug-likeness (QED) is 0.459.